The molecule has 0 spiro atoms. The van der Waals surface area contributed by atoms with Gasteiger partial charge in [0, 0.05) is 18.5 Å². The first kappa shape index (κ1) is 13.8. The Hall–Kier alpha value is -1.63. The van der Waals surface area contributed by atoms with Crippen LogP contribution in [0.15, 0.2) is 9.27 Å². The molecule has 102 valence electrons. The molecular weight excluding hydrogens is 318 g/mol. The number of carbonyl (C=O) groups excluding carboxylic acids is 1. The molecule has 6 nitrogen and oxygen atoms in total. The maximum absolute atomic E-state index is 11.8. The molecule has 1 aliphatic rings. The van der Waals surface area contributed by atoms with Crippen LogP contribution >= 0.6 is 15.9 Å². The number of carboxylic acids is 1. The first-order valence-electron chi connectivity index (χ1n) is 5.55. The van der Waals surface area contributed by atoms with E-state index in [1.807, 2.05) is 0 Å². The number of aryl methyl sites for hydroxylation is 1. The Kier molecular flexibility index (Phi) is 3.25. The summed E-state index contributed by atoms with van der Waals surface area (Å²) in [7, 11) is 1.16. The number of aliphatic carboxylic acids is 1. The topological polar surface area (TPSA) is 96.5 Å². The molecule has 0 bridgehead atoms. The number of hydrogen-bond acceptors (Lipinski definition) is 4. The molecule has 0 saturated carbocycles. The average Bonchev–Trinajstić information content (AvgIpc) is 2.77. The van der Waals surface area contributed by atoms with Gasteiger partial charge >= 0.3 is 11.9 Å². The minimum absolute atomic E-state index is 0.0194. The molecule has 0 saturated heterocycles. The van der Waals surface area contributed by atoms with Gasteiger partial charge in [-0.1, -0.05) is 0 Å². The molecule has 1 aromatic rings. The van der Waals surface area contributed by atoms with Gasteiger partial charge in [-0.05, 0) is 34.0 Å². The Morgan fingerprint density at radius 3 is 2.47 bits per heavy atom. The highest BCUT2D eigenvalue weighted by Gasteiger charge is 2.53. The highest BCUT2D eigenvalue weighted by atomic mass is 79.9. The maximum Gasteiger partial charge on any atom is 0.323 e. The van der Waals surface area contributed by atoms with Crippen LogP contribution in [0.3, 0.4) is 0 Å². The summed E-state index contributed by atoms with van der Waals surface area (Å²) in [6.45, 7) is 1.68. The SMILES string of the molecule is COC(=O)C1(C(=O)O)Cc2c(C)[nH]c(=O)c(Br)c2C1. The summed E-state index contributed by atoms with van der Waals surface area (Å²) in [6.07, 6.45) is -0.0266. The molecule has 2 N–H and O–H groups in total. The van der Waals surface area contributed by atoms with Gasteiger partial charge in [0.05, 0.1) is 11.6 Å². The number of H-pyrrole nitrogens is 1. The van der Waals surface area contributed by atoms with Gasteiger partial charge in [-0.25, -0.2) is 0 Å². The normalized spacial score (nSPS) is 21.0. The molecule has 1 unspecified atom stereocenters. The number of esters is 1. The summed E-state index contributed by atoms with van der Waals surface area (Å²) < 4.78 is 4.89. The van der Waals surface area contributed by atoms with Crippen molar-refractivity contribution in [3.8, 4) is 0 Å². The van der Waals surface area contributed by atoms with Crippen molar-refractivity contribution in [2.75, 3.05) is 7.11 Å². The molecular formula is C12H12BrNO5. The number of carboxylic acid groups (broad SMARTS) is 1. The highest BCUT2D eigenvalue weighted by Crippen LogP contribution is 2.41. The first-order chi connectivity index (χ1) is 8.83. The Bertz CT molecular complexity index is 636. The lowest BCUT2D eigenvalue weighted by Gasteiger charge is -2.20. The number of methoxy groups -OCH3 is 1. The zero-order chi connectivity index (χ0) is 14.4. The van der Waals surface area contributed by atoms with Crippen molar-refractivity contribution in [1.82, 2.24) is 4.98 Å². The second-order valence-corrected chi connectivity index (χ2v) is 5.38. The molecule has 0 amide bonds. The van der Waals surface area contributed by atoms with Crippen molar-refractivity contribution in [1.29, 1.82) is 0 Å². The van der Waals surface area contributed by atoms with Crippen molar-refractivity contribution in [2.24, 2.45) is 5.41 Å². The lowest BCUT2D eigenvalue weighted by Crippen LogP contribution is -2.41. The number of hydrogen-bond donors (Lipinski definition) is 2. The van der Waals surface area contributed by atoms with Gasteiger partial charge in [0.25, 0.3) is 5.56 Å². The summed E-state index contributed by atoms with van der Waals surface area (Å²) in [6, 6.07) is 0. The Morgan fingerprint density at radius 2 is 1.95 bits per heavy atom. The Morgan fingerprint density at radius 1 is 1.37 bits per heavy atom. The second kappa shape index (κ2) is 4.48. The number of carbonyl (C=O) groups is 2. The van der Waals surface area contributed by atoms with E-state index in [-0.39, 0.29) is 22.9 Å². The standard InChI is InChI=1S/C12H12BrNO5/c1-5-6-3-12(10(16)17,11(18)19-2)4-7(6)8(13)9(15)14-5/h3-4H2,1-2H3,(H,14,15)(H,16,17). The fraction of sp³-hybridized carbons (Fsp3) is 0.417. The number of rotatable bonds is 2. The molecule has 2 rings (SSSR count). The molecule has 0 aliphatic heterocycles. The number of fused-ring (bicyclic) bond motifs is 1. The van der Waals surface area contributed by atoms with E-state index < -0.39 is 17.4 Å². The molecule has 1 heterocycles. The number of pyridine rings is 1. The predicted molar refractivity (Wildman–Crippen MR) is 69.0 cm³/mol. The van der Waals surface area contributed by atoms with Crippen molar-refractivity contribution in [3.05, 3.63) is 31.6 Å². The Labute approximate surface area is 116 Å². The van der Waals surface area contributed by atoms with E-state index in [2.05, 4.69) is 25.7 Å². The molecule has 0 aromatic carbocycles. The van der Waals surface area contributed by atoms with E-state index in [9.17, 15) is 19.5 Å². The van der Waals surface area contributed by atoms with Crippen molar-refractivity contribution in [2.45, 2.75) is 19.8 Å². The van der Waals surface area contributed by atoms with Crippen LogP contribution in [0, 0.1) is 12.3 Å². The fourth-order valence-corrected chi connectivity index (χ4v) is 2.94. The van der Waals surface area contributed by atoms with Crippen LogP contribution in [0.1, 0.15) is 16.8 Å². The van der Waals surface area contributed by atoms with E-state index in [1.54, 1.807) is 6.92 Å². The van der Waals surface area contributed by atoms with Gasteiger partial charge in [0.15, 0.2) is 5.41 Å². The van der Waals surface area contributed by atoms with Crippen LogP contribution in [0.5, 0.6) is 0 Å². The summed E-state index contributed by atoms with van der Waals surface area (Å²) in [5.74, 6) is -2.04. The van der Waals surface area contributed by atoms with Crippen LogP contribution in [-0.2, 0) is 27.2 Å². The zero-order valence-corrected chi connectivity index (χ0v) is 12.0. The van der Waals surface area contributed by atoms with E-state index in [4.69, 9.17) is 0 Å². The lowest BCUT2D eigenvalue weighted by atomic mass is 9.85. The summed E-state index contributed by atoms with van der Waals surface area (Å²) in [5.41, 5.74) is -0.155. The fourth-order valence-electron chi connectivity index (χ4n) is 2.46. The maximum atomic E-state index is 11.8. The molecule has 1 atom stereocenters. The minimum Gasteiger partial charge on any atom is -0.480 e. The average molecular weight is 330 g/mol. The van der Waals surface area contributed by atoms with Gasteiger partial charge in [-0.15, -0.1) is 0 Å². The van der Waals surface area contributed by atoms with E-state index >= 15 is 0 Å². The van der Waals surface area contributed by atoms with E-state index in [0.717, 1.165) is 7.11 Å². The molecule has 0 fully saturated rings. The number of aromatic amines is 1. The summed E-state index contributed by atoms with van der Waals surface area (Å²) in [5, 5.41) is 9.38. The first-order valence-corrected chi connectivity index (χ1v) is 6.34. The highest BCUT2D eigenvalue weighted by molar-refractivity contribution is 9.10. The van der Waals surface area contributed by atoms with Gasteiger partial charge in [0.2, 0.25) is 0 Å². The largest absolute Gasteiger partial charge is 0.480 e. The molecule has 7 heteroatoms. The molecule has 19 heavy (non-hydrogen) atoms. The third kappa shape index (κ3) is 1.88. The van der Waals surface area contributed by atoms with Crippen LogP contribution in [-0.4, -0.2) is 29.1 Å². The van der Waals surface area contributed by atoms with Gasteiger partial charge < -0.3 is 14.8 Å². The number of nitrogens with one attached hydrogen (secondary N) is 1. The van der Waals surface area contributed by atoms with E-state index in [1.165, 1.54) is 0 Å². The van der Waals surface area contributed by atoms with Crippen LogP contribution in [0.4, 0.5) is 0 Å². The predicted octanol–water partition coefficient (Wildman–Crippen LogP) is 0.788. The second-order valence-electron chi connectivity index (χ2n) is 4.58. The third-order valence-electron chi connectivity index (χ3n) is 3.52. The molecule has 1 aromatic heterocycles. The molecule has 0 radical (unpaired) electrons. The number of aromatic nitrogens is 1. The van der Waals surface area contributed by atoms with Crippen molar-refractivity contribution in [3.63, 3.8) is 0 Å². The smallest absolute Gasteiger partial charge is 0.323 e. The minimum atomic E-state index is -1.65. The number of halogens is 1. The zero-order valence-electron chi connectivity index (χ0n) is 10.4. The van der Waals surface area contributed by atoms with Gasteiger partial charge in [-0.3, -0.25) is 14.4 Å². The van der Waals surface area contributed by atoms with Gasteiger partial charge in [0.1, 0.15) is 0 Å². The third-order valence-corrected chi connectivity index (χ3v) is 4.36. The van der Waals surface area contributed by atoms with Crippen LogP contribution < -0.4 is 5.56 Å². The van der Waals surface area contributed by atoms with Gasteiger partial charge in [-0.2, -0.15) is 0 Å². The van der Waals surface area contributed by atoms with Crippen LogP contribution in [0.25, 0.3) is 0 Å². The monoisotopic (exact) mass is 329 g/mol. The summed E-state index contributed by atoms with van der Waals surface area (Å²) in [4.78, 5) is 37.6. The van der Waals surface area contributed by atoms with E-state index in [0.29, 0.717) is 16.8 Å². The van der Waals surface area contributed by atoms with Crippen molar-refractivity contribution >= 4 is 27.9 Å². The van der Waals surface area contributed by atoms with Crippen molar-refractivity contribution < 1.29 is 19.4 Å². The van der Waals surface area contributed by atoms with Crippen LogP contribution in [0.2, 0.25) is 0 Å². The Balaban J connectivity index is 2.63. The summed E-state index contributed by atoms with van der Waals surface area (Å²) >= 11 is 3.15. The quantitative estimate of drug-likeness (QED) is 0.617. The molecule has 1 aliphatic carbocycles. The number of ether oxygens (including phenoxy) is 1. The lowest BCUT2D eigenvalue weighted by molar-refractivity contribution is -0.166.